The summed E-state index contributed by atoms with van der Waals surface area (Å²) in [5.74, 6) is -0.104. The van der Waals surface area contributed by atoms with E-state index in [1.54, 1.807) is 35.5 Å². The van der Waals surface area contributed by atoms with Gasteiger partial charge in [0, 0.05) is 36.0 Å². The summed E-state index contributed by atoms with van der Waals surface area (Å²) in [5, 5.41) is 7.23. The first-order chi connectivity index (χ1) is 13.2. The van der Waals surface area contributed by atoms with Gasteiger partial charge in [0.1, 0.15) is 0 Å². The summed E-state index contributed by atoms with van der Waals surface area (Å²) in [5.41, 5.74) is 3.61. The van der Waals surface area contributed by atoms with Crippen molar-refractivity contribution in [2.75, 3.05) is 0 Å². The maximum absolute atomic E-state index is 12.5. The zero-order valence-corrected chi connectivity index (χ0v) is 14.9. The van der Waals surface area contributed by atoms with Crippen LogP contribution < -0.4 is 5.32 Å². The molecular formula is C21H19N5O. The summed E-state index contributed by atoms with van der Waals surface area (Å²) in [6, 6.07) is 17.2. The third kappa shape index (κ3) is 3.64. The molecule has 0 spiro atoms. The fourth-order valence-corrected chi connectivity index (χ4v) is 2.90. The smallest absolute Gasteiger partial charge is 0.251 e. The Kier molecular flexibility index (Phi) is 4.53. The zero-order valence-electron chi connectivity index (χ0n) is 14.9. The largest absolute Gasteiger partial charge is 0.346 e. The van der Waals surface area contributed by atoms with E-state index in [2.05, 4.69) is 15.4 Å². The van der Waals surface area contributed by atoms with Gasteiger partial charge in [0.05, 0.1) is 18.1 Å². The highest BCUT2D eigenvalue weighted by Crippen LogP contribution is 2.17. The van der Waals surface area contributed by atoms with Gasteiger partial charge in [-0.3, -0.25) is 4.79 Å². The molecule has 6 heteroatoms. The summed E-state index contributed by atoms with van der Waals surface area (Å²) in [6.07, 6.45) is 8.99. The van der Waals surface area contributed by atoms with Gasteiger partial charge in [-0.25, -0.2) is 9.67 Å². The predicted molar refractivity (Wildman–Crippen MR) is 103 cm³/mol. The molecule has 134 valence electrons. The Morgan fingerprint density at radius 3 is 2.33 bits per heavy atom. The van der Waals surface area contributed by atoms with E-state index in [4.69, 9.17) is 0 Å². The van der Waals surface area contributed by atoms with Crippen molar-refractivity contribution >= 4 is 5.91 Å². The Labute approximate surface area is 157 Å². The molecular weight excluding hydrogens is 338 g/mol. The summed E-state index contributed by atoms with van der Waals surface area (Å²) in [6.45, 7) is 1.97. The molecule has 4 aromatic rings. The number of rotatable bonds is 5. The molecule has 0 saturated heterocycles. The van der Waals surface area contributed by atoms with E-state index >= 15 is 0 Å². The molecule has 2 aromatic carbocycles. The van der Waals surface area contributed by atoms with E-state index in [1.807, 2.05) is 66.3 Å². The second-order valence-electron chi connectivity index (χ2n) is 6.25. The molecule has 1 amide bonds. The number of hydrogen-bond acceptors (Lipinski definition) is 3. The molecule has 0 radical (unpaired) electrons. The van der Waals surface area contributed by atoms with Gasteiger partial charge in [-0.15, -0.1) is 0 Å². The van der Waals surface area contributed by atoms with Crippen molar-refractivity contribution in [1.82, 2.24) is 24.6 Å². The molecule has 1 N–H and O–H groups in total. The number of aromatic nitrogens is 4. The number of imidazole rings is 1. The van der Waals surface area contributed by atoms with Crippen LogP contribution in [0, 0.1) is 0 Å². The van der Waals surface area contributed by atoms with Gasteiger partial charge in [0.25, 0.3) is 5.91 Å². The molecule has 2 heterocycles. The Hall–Kier alpha value is -3.67. The monoisotopic (exact) mass is 357 g/mol. The SMILES string of the molecule is C[C@H](NC(=O)c1ccc(-n2cccn2)cc1)c1ccc(-n2ccnc2)cc1. The normalized spacial score (nSPS) is 11.9. The van der Waals surface area contributed by atoms with E-state index in [-0.39, 0.29) is 11.9 Å². The fourth-order valence-electron chi connectivity index (χ4n) is 2.90. The van der Waals surface area contributed by atoms with Crippen molar-refractivity contribution in [1.29, 1.82) is 0 Å². The maximum atomic E-state index is 12.5. The maximum Gasteiger partial charge on any atom is 0.251 e. The van der Waals surface area contributed by atoms with Crippen LogP contribution in [0.3, 0.4) is 0 Å². The van der Waals surface area contributed by atoms with Gasteiger partial charge in [-0.2, -0.15) is 5.10 Å². The van der Waals surface area contributed by atoms with Gasteiger partial charge in [-0.1, -0.05) is 12.1 Å². The lowest BCUT2D eigenvalue weighted by atomic mass is 10.1. The lowest BCUT2D eigenvalue weighted by Crippen LogP contribution is -2.26. The highest BCUT2D eigenvalue weighted by Gasteiger charge is 2.12. The van der Waals surface area contributed by atoms with Gasteiger partial charge < -0.3 is 9.88 Å². The minimum absolute atomic E-state index is 0.0971. The van der Waals surface area contributed by atoms with Crippen LogP contribution in [0.4, 0.5) is 0 Å². The third-order valence-electron chi connectivity index (χ3n) is 4.44. The minimum Gasteiger partial charge on any atom is -0.346 e. The molecule has 0 aliphatic carbocycles. The third-order valence-corrected chi connectivity index (χ3v) is 4.44. The van der Waals surface area contributed by atoms with Crippen molar-refractivity contribution in [3.8, 4) is 11.4 Å². The highest BCUT2D eigenvalue weighted by atomic mass is 16.1. The summed E-state index contributed by atoms with van der Waals surface area (Å²) in [4.78, 5) is 16.6. The topological polar surface area (TPSA) is 64.7 Å². The molecule has 0 unspecified atom stereocenters. The summed E-state index contributed by atoms with van der Waals surface area (Å²) in [7, 11) is 0. The molecule has 0 saturated carbocycles. The molecule has 6 nitrogen and oxygen atoms in total. The van der Waals surface area contributed by atoms with Crippen LogP contribution in [-0.4, -0.2) is 25.2 Å². The highest BCUT2D eigenvalue weighted by molar-refractivity contribution is 5.94. The van der Waals surface area contributed by atoms with E-state index < -0.39 is 0 Å². The fraction of sp³-hybridized carbons (Fsp3) is 0.0952. The molecule has 0 bridgehead atoms. The van der Waals surface area contributed by atoms with Gasteiger partial charge in [-0.05, 0) is 55.0 Å². The number of carbonyl (C=O) groups is 1. The first-order valence-electron chi connectivity index (χ1n) is 8.70. The number of nitrogens with one attached hydrogen (secondary N) is 1. The van der Waals surface area contributed by atoms with Crippen LogP contribution in [0.15, 0.2) is 85.7 Å². The lowest BCUT2D eigenvalue weighted by Gasteiger charge is -2.15. The van der Waals surface area contributed by atoms with Crippen LogP contribution >= 0.6 is 0 Å². The van der Waals surface area contributed by atoms with Crippen molar-refractivity contribution in [2.45, 2.75) is 13.0 Å². The van der Waals surface area contributed by atoms with E-state index in [0.717, 1.165) is 16.9 Å². The summed E-state index contributed by atoms with van der Waals surface area (Å²) < 4.78 is 3.69. The Morgan fingerprint density at radius 2 is 1.70 bits per heavy atom. The predicted octanol–water partition coefficient (Wildman–Crippen LogP) is 3.55. The van der Waals surface area contributed by atoms with E-state index in [9.17, 15) is 4.79 Å². The first kappa shape index (κ1) is 16.8. The molecule has 27 heavy (non-hydrogen) atoms. The zero-order chi connectivity index (χ0) is 18.6. The number of carbonyl (C=O) groups excluding carboxylic acids is 1. The summed E-state index contributed by atoms with van der Waals surface area (Å²) >= 11 is 0. The first-order valence-corrected chi connectivity index (χ1v) is 8.70. The van der Waals surface area contributed by atoms with Crippen molar-refractivity contribution in [2.24, 2.45) is 0 Å². The van der Waals surface area contributed by atoms with Crippen LogP contribution in [0.1, 0.15) is 28.9 Å². The van der Waals surface area contributed by atoms with Crippen LogP contribution in [0.2, 0.25) is 0 Å². The van der Waals surface area contributed by atoms with E-state index in [0.29, 0.717) is 5.56 Å². The Balaban J connectivity index is 1.43. The molecule has 1 atom stereocenters. The standard InChI is InChI=1S/C21H19N5O/c1-16(17-3-7-19(8-4-17)25-14-12-22-15-25)24-21(27)18-5-9-20(10-6-18)26-13-2-11-23-26/h2-16H,1H3,(H,24,27)/t16-/m0/s1. The van der Waals surface area contributed by atoms with Crippen molar-refractivity contribution < 1.29 is 4.79 Å². The van der Waals surface area contributed by atoms with Gasteiger partial charge in [0.2, 0.25) is 0 Å². The van der Waals surface area contributed by atoms with Crippen LogP contribution in [-0.2, 0) is 0 Å². The number of benzene rings is 2. The Bertz CT molecular complexity index is 1000. The average molecular weight is 357 g/mol. The molecule has 4 rings (SSSR count). The van der Waals surface area contributed by atoms with Crippen LogP contribution in [0.25, 0.3) is 11.4 Å². The lowest BCUT2D eigenvalue weighted by molar-refractivity contribution is 0.0940. The Morgan fingerprint density at radius 1 is 0.963 bits per heavy atom. The average Bonchev–Trinajstić information content (AvgIpc) is 3.42. The number of hydrogen-bond donors (Lipinski definition) is 1. The number of amides is 1. The minimum atomic E-state index is -0.104. The molecule has 2 aromatic heterocycles. The molecule has 0 aliphatic rings. The van der Waals surface area contributed by atoms with Gasteiger partial charge >= 0.3 is 0 Å². The van der Waals surface area contributed by atoms with Crippen LogP contribution in [0.5, 0.6) is 0 Å². The van der Waals surface area contributed by atoms with Gasteiger partial charge in [0.15, 0.2) is 0 Å². The van der Waals surface area contributed by atoms with E-state index in [1.165, 1.54) is 0 Å². The molecule has 0 aliphatic heterocycles. The second kappa shape index (κ2) is 7.29. The van der Waals surface area contributed by atoms with Crippen molar-refractivity contribution in [3.63, 3.8) is 0 Å². The quantitative estimate of drug-likeness (QED) is 0.594. The number of nitrogens with zero attached hydrogens (tertiary/aromatic N) is 4. The molecule has 0 fully saturated rings. The second-order valence-corrected chi connectivity index (χ2v) is 6.25. The van der Waals surface area contributed by atoms with Crippen molar-refractivity contribution in [3.05, 3.63) is 96.8 Å².